The molecule has 2 atom stereocenters. The van der Waals surface area contributed by atoms with Gasteiger partial charge in [-0.1, -0.05) is 48.5 Å². The van der Waals surface area contributed by atoms with Gasteiger partial charge >= 0.3 is 12.2 Å². The Morgan fingerprint density at radius 2 is 1.62 bits per heavy atom. The van der Waals surface area contributed by atoms with Crippen molar-refractivity contribution in [3.8, 4) is 11.1 Å². The van der Waals surface area contributed by atoms with Crippen LogP contribution in [0.15, 0.2) is 48.5 Å². The van der Waals surface area contributed by atoms with Gasteiger partial charge in [0, 0.05) is 32.0 Å². The molecule has 0 saturated carbocycles. The van der Waals surface area contributed by atoms with Crippen LogP contribution < -0.4 is 5.32 Å². The van der Waals surface area contributed by atoms with Gasteiger partial charge in [-0.25, -0.2) is 9.59 Å². The van der Waals surface area contributed by atoms with Crippen molar-refractivity contribution in [3.05, 3.63) is 59.7 Å². The molecule has 0 spiro atoms. The van der Waals surface area contributed by atoms with E-state index in [0.717, 1.165) is 6.42 Å². The molecule has 2 amide bonds. The van der Waals surface area contributed by atoms with Gasteiger partial charge in [-0.3, -0.25) is 0 Å². The predicted molar refractivity (Wildman–Crippen MR) is 130 cm³/mol. The van der Waals surface area contributed by atoms with E-state index in [-0.39, 0.29) is 30.6 Å². The molecule has 0 radical (unpaired) electrons. The highest BCUT2D eigenvalue weighted by Crippen LogP contribution is 2.44. The zero-order valence-corrected chi connectivity index (χ0v) is 20.4. The molecule has 1 aliphatic heterocycles. The highest BCUT2D eigenvalue weighted by atomic mass is 16.6. The van der Waals surface area contributed by atoms with Crippen molar-refractivity contribution in [2.45, 2.75) is 44.8 Å². The number of methoxy groups -OCH3 is 1. The summed E-state index contributed by atoms with van der Waals surface area (Å²) in [6.07, 6.45) is -0.0383. The van der Waals surface area contributed by atoms with Gasteiger partial charge in [0.05, 0.1) is 12.6 Å². The minimum Gasteiger partial charge on any atom is -0.449 e. The molecule has 1 aliphatic carbocycles. The molecule has 2 aromatic rings. The summed E-state index contributed by atoms with van der Waals surface area (Å²) in [4.78, 5) is 26.9. The molecule has 7 nitrogen and oxygen atoms in total. The Morgan fingerprint density at radius 1 is 1.00 bits per heavy atom. The van der Waals surface area contributed by atoms with E-state index in [1.807, 2.05) is 45.0 Å². The van der Waals surface area contributed by atoms with Crippen LogP contribution in [-0.2, 0) is 14.2 Å². The van der Waals surface area contributed by atoms with Crippen molar-refractivity contribution in [2.24, 2.45) is 5.92 Å². The van der Waals surface area contributed by atoms with Gasteiger partial charge in [-0.15, -0.1) is 0 Å². The molecule has 2 aliphatic rings. The maximum absolute atomic E-state index is 12.6. The van der Waals surface area contributed by atoms with Gasteiger partial charge in [0.15, 0.2) is 0 Å². The standard InChI is InChI=1S/C27H34N2O5/c1-27(2,3)34-26(31)29-14-13-18(24(29)17-32-4)15-28-25(30)33-16-23-21-11-7-5-9-19(21)20-10-6-8-12-22(20)23/h5-12,18,23-24H,13-17H2,1-4H3,(H,28,30)/t18-,24+/m0/s1. The van der Waals surface area contributed by atoms with Crippen molar-refractivity contribution in [1.82, 2.24) is 10.2 Å². The number of nitrogens with one attached hydrogen (secondary N) is 1. The van der Waals surface area contributed by atoms with E-state index < -0.39 is 11.7 Å². The number of carbonyl (C=O) groups is 2. The number of hydrogen-bond donors (Lipinski definition) is 1. The van der Waals surface area contributed by atoms with E-state index in [1.165, 1.54) is 22.3 Å². The van der Waals surface area contributed by atoms with E-state index in [0.29, 0.717) is 19.7 Å². The van der Waals surface area contributed by atoms with E-state index in [4.69, 9.17) is 14.2 Å². The Bertz CT molecular complexity index is 986. The number of amides is 2. The topological polar surface area (TPSA) is 77.1 Å². The first-order valence-electron chi connectivity index (χ1n) is 11.9. The van der Waals surface area contributed by atoms with Crippen molar-refractivity contribution in [2.75, 3.05) is 33.4 Å². The first kappa shape index (κ1) is 24.1. The monoisotopic (exact) mass is 466 g/mol. The molecule has 0 aromatic heterocycles. The van der Waals surface area contributed by atoms with Crippen molar-refractivity contribution in [3.63, 3.8) is 0 Å². The summed E-state index contributed by atoms with van der Waals surface area (Å²) in [5.74, 6) is 0.0847. The number of fused-ring (bicyclic) bond motifs is 3. The minimum absolute atomic E-state index is 0.0218. The Labute approximate surface area is 201 Å². The number of carbonyl (C=O) groups excluding carboxylic acids is 2. The zero-order valence-electron chi connectivity index (χ0n) is 20.4. The highest BCUT2D eigenvalue weighted by molar-refractivity contribution is 5.79. The largest absolute Gasteiger partial charge is 0.449 e. The Hall–Kier alpha value is -3.06. The summed E-state index contributed by atoms with van der Waals surface area (Å²) >= 11 is 0. The third-order valence-electron chi connectivity index (χ3n) is 6.50. The van der Waals surface area contributed by atoms with Crippen LogP contribution in [0.4, 0.5) is 9.59 Å². The summed E-state index contributed by atoms with van der Waals surface area (Å²) in [6.45, 7) is 7.18. The average molecular weight is 467 g/mol. The van der Waals surface area contributed by atoms with Gasteiger partial charge in [0.1, 0.15) is 12.2 Å². The summed E-state index contributed by atoms with van der Waals surface area (Å²) in [6, 6.07) is 16.4. The van der Waals surface area contributed by atoms with E-state index in [2.05, 4.69) is 29.6 Å². The normalized spacial score (nSPS) is 19.5. The van der Waals surface area contributed by atoms with Crippen LogP contribution in [0.25, 0.3) is 11.1 Å². The second-order valence-electron chi connectivity index (χ2n) is 9.95. The third kappa shape index (κ3) is 5.20. The van der Waals surface area contributed by atoms with E-state index >= 15 is 0 Å². The third-order valence-corrected chi connectivity index (χ3v) is 6.50. The lowest BCUT2D eigenvalue weighted by Crippen LogP contribution is -2.45. The number of alkyl carbamates (subject to hydrolysis) is 1. The van der Waals surface area contributed by atoms with Crippen LogP contribution in [0.1, 0.15) is 44.2 Å². The van der Waals surface area contributed by atoms with Gasteiger partial charge in [0.2, 0.25) is 0 Å². The SMILES string of the molecule is COC[C@@H]1[C@H](CNC(=O)OCC2c3ccccc3-c3ccccc32)CCN1C(=O)OC(C)(C)C. The Morgan fingerprint density at radius 3 is 2.21 bits per heavy atom. The molecule has 0 bridgehead atoms. The van der Waals surface area contributed by atoms with Crippen molar-refractivity contribution in [1.29, 1.82) is 0 Å². The fourth-order valence-corrected chi connectivity index (χ4v) is 4.96. The lowest BCUT2D eigenvalue weighted by atomic mass is 9.98. The second-order valence-corrected chi connectivity index (χ2v) is 9.95. The van der Waals surface area contributed by atoms with Crippen LogP contribution in [0.3, 0.4) is 0 Å². The molecule has 182 valence electrons. The number of likely N-dealkylation sites (tertiary alicyclic amines) is 1. The molecule has 1 saturated heterocycles. The molecular formula is C27H34N2O5. The van der Waals surface area contributed by atoms with Crippen LogP contribution >= 0.6 is 0 Å². The first-order chi connectivity index (χ1) is 16.3. The quantitative estimate of drug-likeness (QED) is 0.662. The fourth-order valence-electron chi connectivity index (χ4n) is 4.96. The molecular weight excluding hydrogens is 432 g/mol. The van der Waals surface area contributed by atoms with E-state index in [9.17, 15) is 9.59 Å². The lowest BCUT2D eigenvalue weighted by molar-refractivity contribution is 0.0112. The predicted octanol–water partition coefficient (Wildman–Crippen LogP) is 4.80. The van der Waals surface area contributed by atoms with Crippen LogP contribution in [0.2, 0.25) is 0 Å². The van der Waals surface area contributed by atoms with Crippen LogP contribution in [0, 0.1) is 5.92 Å². The summed E-state index contributed by atoms with van der Waals surface area (Å²) < 4.78 is 16.6. The first-order valence-corrected chi connectivity index (χ1v) is 11.9. The number of ether oxygens (including phenoxy) is 3. The van der Waals surface area contributed by atoms with Gasteiger partial charge in [0.25, 0.3) is 0 Å². The Kier molecular flexibility index (Phi) is 7.12. The van der Waals surface area contributed by atoms with Gasteiger partial charge in [-0.05, 0) is 49.4 Å². The summed E-state index contributed by atoms with van der Waals surface area (Å²) in [7, 11) is 1.61. The Balaban J connectivity index is 1.33. The van der Waals surface area contributed by atoms with Gasteiger partial charge < -0.3 is 24.4 Å². The van der Waals surface area contributed by atoms with E-state index in [1.54, 1.807) is 12.0 Å². The van der Waals surface area contributed by atoms with Gasteiger partial charge in [-0.2, -0.15) is 0 Å². The number of benzene rings is 2. The number of hydrogen-bond acceptors (Lipinski definition) is 5. The average Bonchev–Trinajstić information content (AvgIpc) is 3.34. The molecule has 1 heterocycles. The molecule has 1 fully saturated rings. The maximum atomic E-state index is 12.6. The number of nitrogens with zero attached hydrogens (tertiary/aromatic N) is 1. The van der Waals surface area contributed by atoms with Crippen molar-refractivity contribution >= 4 is 12.2 Å². The van der Waals surface area contributed by atoms with Crippen LogP contribution in [-0.4, -0.2) is 62.1 Å². The molecule has 2 aromatic carbocycles. The zero-order chi connectivity index (χ0) is 24.3. The molecule has 1 N–H and O–H groups in total. The maximum Gasteiger partial charge on any atom is 0.410 e. The smallest absolute Gasteiger partial charge is 0.410 e. The fraction of sp³-hybridized carbons (Fsp3) is 0.481. The van der Waals surface area contributed by atoms with Crippen LogP contribution in [0.5, 0.6) is 0 Å². The minimum atomic E-state index is -0.563. The molecule has 0 unspecified atom stereocenters. The summed E-state index contributed by atoms with van der Waals surface area (Å²) in [5.41, 5.74) is 4.19. The summed E-state index contributed by atoms with van der Waals surface area (Å²) in [5, 5.41) is 2.90. The van der Waals surface area contributed by atoms with Crippen molar-refractivity contribution < 1.29 is 23.8 Å². The molecule has 7 heteroatoms. The number of rotatable bonds is 6. The highest BCUT2D eigenvalue weighted by Gasteiger charge is 2.39. The molecule has 34 heavy (non-hydrogen) atoms. The second kappa shape index (κ2) is 10.1. The molecule has 4 rings (SSSR count). The lowest BCUT2D eigenvalue weighted by Gasteiger charge is -2.30.